The second-order valence-electron chi connectivity index (χ2n) is 6.90. The number of halogens is 4. The van der Waals surface area contributed by atoms with Crippen molar-refractivity contribution in [3.63, 3.8) is 0 Å². The number of nitrogens with zero attached hydrogens (tertiary/aromatic N) is 1. The van der Waals surface area contributed by atoms with Gasteiger partial charge in [-0.1, -0.05) is 6.07 Å². The molecule has 0 bridgehead atoms. The van der Waals surface area contributed by atoms with Crippen molar-refractivity contribution in [1.82, 2.24) is 4.90 Å². The molecule has 2 rings (SSSR count). The fourth-order valence-electron chi connectivity index (χ4n) is 2.48. The molecular weight excluding hydrogens is 342 g/mol. The summed E-state index contributed by atoms with van der Waals surface area (Å²) < 4.78 is 62.8. The Morgan fingerprint density at radius 3 is 2.28 bits per heavy atom. The van der Waals surface area contributed by atoms with Crippen LogP contribution in [-0.4, -0.2) is 35.8 Å². The lowest BCUT2D eigenvalue weighted by Gasteiger charge is -2.33. The molecule has 1 aromatic rings. The standard InChI is InChI=1S/C17H21F4NO3/c1-16(2,3)25-15(23)22-9-7-11(8-10-22)24-13-6-4-5-12(14(13)18)17(19,20)21/h4-6,11H,7-10H2,1-3H3. The van der Waals surface area contributed by atoms with Crippen LogP contribution in [0.2, 0.25) is 0 Å². The number of alkyl halides is 3. The maximum absolute atomic E-state index is 14.0. The number of carbonyl (C=O) groups excluding carboxylic acids is 1. The predicted octanol–water partition coefficient (Wildman–Crippen LogP) is 4.62. The number of carbonyl (C=O) groups is 1. The summed E-state index contributed by atoms with van der Waals surface area (Å²) in [6, 6.07) is 2.95. The molecule has 0 aliphatic carbocycles. The van der Waals surface area contributed by atoms with Crippen LogP contribution in [0.25, 0.3) is 0 Å². The SMILES string of the molecule is CC(C)(C)OC(=O)N1CCC(Oc2cccc(C(F)(F)F)c2F)CC1. The van der Waals surface area contributed by atoms with Crippen LogP contribution in [-0.2, 0) is 10.9 Å². The van der Waals surface area contributed by atoms with E-state index < -0.39 is 41.1 Å². The van der Waals surface area contributed by atoms with E-state index in [1.54, 1.807) is 20.8 Å². The highest BCUT2D eigenvalue weighted by molar-refractivity contribution is 5.68. The molecular formula is C17H21F4NO3. The van der Waals surface area contributed by atoms with Crippen LogP contribution in [0.1, 0.15) is 39.2 Å². The number of amides is 1. The zero-order valence-electron chi connectivity index (χ0n) is 14.3. The van der Waals surface area contributed by atoms with Gasteiger partial charge in [0.25, 0.3) is 0 Å². The molecule has 1 aliphatic heterocycles. The zero-order valence-corrected chi connectivity index (χ0v) is 14.3. The van der Waals surface area contributed by atoms with Gasteiger partial charge in [-0.25, -0.2) is 9.18 Å². The summed E-state index contributed by atoms with van der Waals surface area (Å²) in [4.78, 5) is 13.5. The largest absolute Gasteiger partial charge is 0.487 e. The number of benzene rings is 1. The first-order valence-corrected chi connectivity index (χ1v) is 7.97. The molecule has 1 aliphatic rings. The second kappa shape index (κ2) is 7.09. The molecule has 1 heterocycles. The van der Waals surface area contributed by atoms with E-state index >= 15 is 0 Å². The van der Waals surface area contributed by atoms with Crippen LogP contribution in [0, 0.1) is 5.82 Å². The minimum atomic E-state index is -4.77. The lowest BCUT2D eigenvalue weighted by molar-refractivity contribution is -0.140. The van der Waals surface area contributed by atoms with E-state index in [4.69, 9.17) is 9.47 Å². The molecule has 0 N–H and O–H groups in total. The van der Waals surface area contributed by atoms with Crippen molar-refractivity contribution in [2.24, 2.45) is 0 Å². The van der Waals surface area contributed by atoms with Crippen LogP contribution < -0.4 is 4.74 Å². The highest BCUT2D eigenvalue weighted by Crippen LogP contribution is 2.35. The Kier molecular flexibility index (Phi) is 5.49. The molecule has 8 heteroatoms. The van der Waals surface area contributed by atoms with E-state index in [0.29, 0.717) is 32.0 Å². The van der Waals surface area contributed by atoms with Gasteiger partial charge in [-0.3, -0.25) is 0 Å². The lowest BCUT2D eigenvalue weighted by atomic mass is 10.1. The molecule has 0 radical (unpaired) electrons. The second-order valence-corrected chi connectivity index (χ2v) is 6.90. The van der Waals surface area contributed by atoms with Crippen LogP contribution in [0.3, 0.4) is 0 Å². The maximum atomic E-state index is 14.0. The van der Waals surface area contributed by atoms with Gasteiger partial charge in [0.15, 0.2) is 11.6 Å². The number of hydrogen-bond acceptors (Lipinski definition) is 3. The van der Waals surface area contributed by atoms with Gasteiger partial charge in [-0.2, -0.15) is 13.2 Å². The minimum absolute atomic E-state index is 0.333. The van der Waals surface area contributed by atoms with Gasteiger partial charge in [0.1, 0.15) is 11.7 Å². The highest BCUT2D eigenvalue weighted by Gasteiger charge is 2.36. The normalized spacial score (nSPS) is 16.7. The molecule has 4 nitrogen and oxygen atoms in total. The van der Waals surface area contributed by atoms with E-state index in [2.05, 4.69) is 0 Å². The van der Waals surface area contributed by atoms with E-state index in [-0.39, 0.29) is 0 Å². The average Bonchev–Trinajstić information content (AvgIpc) is 2.47. The van der Waals surface area contributed by atoms with Gasteiger partial charge in [-0.05, 0) is 32.9 Å². The Morgan fingerprint density at radius 1 is 1.16 bits per heavy atom. The van der Waals surface area contributed by atoms with Gasteiger partial charge >= 0.3 is 12.3 Å². The first-order valence-electron chi connectivity index (χ1n) is 7.97. The number of likely N-dealkylation sites (tertiary alicyclic amines) is 1. The van der Waals surface area contributed by atoms with Gasteiger partial charge in [0, 0.05) is 25.9 Å². The van der Waals surface area contributed by atoms with Crippen molar-refractivity contribution in [1.29, 1.82) is 0 Å². The summed E-state index contributed by atoms with van der Waals surface area (Å²) in [5, 5.41) is 0. The number of rotatable bonds is 2. The third-order valence-corrected chi connectivity index (χ3v) is 3.66. The number of hydrogen-bond donors (Lipinski definition) is 0. The average molecular weight is 363 g/mol. The Morgan fingerprint density at radius 2 is 1.76 bits per heavy atom. The molecule has 1 aromatic carbocycles. The fraction of sp³-hybridized carbons (Fsp3) is 0.588. The predicted molar refractivity (Wildman–Crippen MR) is 82.9 cm³/mol. The molecule has 0 atom stereocenters. The number of piperidine rings is 1. The van der Waals surface area contributed by atoms with E-state index in [1.165, 1.54) is 11.0 Å². The summed E-state index contributed by atoms with van der Waals surface area (Å²) in [6.45, 7) is 5.95. The summed E-state index contributed by atoms with van der Waals surface area (Å²) in [5.74, 6) is -1.84. The molecule has 0 aromatic heterocycles. The van der Waals surface area contributed by atoms with Gasteiger partial charge in [-0.15, -0.1) is 0 Å². The smallest absolute Gasteiger partial charge is 0.419 e. The van der Waals surface area contributed by atoms with E-state index in [0.717, 1.165) is 6.07 Å². The molecule has 0 saturated carbocycles. The van der Waals surface area contributed by atoms with Crippen molar-refractivity contribution in [2.45, 2.75) is 51.5 Å². The van der Waals surface area contributed by atoms with E-state index in [9.17, 15) is 22.4 Å². The summed E-state index contributed by atoms with van der Waals surface area (Å²) in [6.07, 6.45) is -4.92. The Bertz CT molecular complexity index is 617. The highest BCUT2D eigenvalue weighted by atomic mass is 19.4. The first-order chi connectivity index (χ1) is 11.5. The van der Waals surface area contributed by atoms with Crippen molar-refractivity contribution in [2.75, 3.05) is 13.1 Å². The van der Waals surface area contributed by atoms with Crippen molar-refractivity contribution in [3.05, 3.63) is 29.6 Å². The monoisotopic (exact) mass is 363 g/mol. The third kappa shape index (κ3) is 5.24. The van der Waals surface area contributed by atoms with Crippen molar-refractivity contribution < 1.29 is 31.8 Å². The summed E-state index contributed by atoms with van der Waals surface area (Å²) in [7, 11) is 0. The Balaban J connectivity index is 1.96. The quantitative estimate of drug-likeness (QED) is 0.720. The van der Waals surface area contributed by atoms with Gasteiger partial charge in [0.05, 0.1) is 5.56 Å². The number of ether oxygens (including phenoxy) is 2. The first kappa shape index (κ1) is 19.3. The zero-order chi connectivity index (χ0) is 18.8. The van der Waals surface area contributed by atoms with E-state index in [1.807, 2.05) is 0 Å². The third-order valence-electron chi connectivity index (χ3n) is 3.66. The van der Waals surface area contributed by atoms with Crippen molar-refractivity contribution in [3.8, 4) is 5.75 Å². The molecule has 1 amide bonds. The molecule has 0 unspecified atom stereocenters. The molecule has 0 spiro atoms. The minimum Gasteiger partial charge on any atom is -0.487 e. The Labute approximate surface area is 143 Å². The maximum Gasteiger partial charge on any atom is 0.419 e. The molecule has 25 heavy (non-hydrogen) atoms. The summed E-state index contributed by atoms with van der Waals surface area (Å²) >= 11 is 0. The lowest BCUT2D eigenvalue weighted by Crippen LogP contribution is -2.44. The Hall–Kier alpha value is -1.99. The molecule has 140 valence electrons. The van der Waals surface area contributed by atoms with Gasteiger partial charge in [0.2, 0.25) is 0 Å². The summed E-state index contributed by atoms with van der Waals surface area (Å²) in [5.41, 5.74) is -1.96. The van der Waals surface area contributed by atoms with Gasteiger partial charge < -0.3 is 14.4 Å². The van der Waals surface area contributed by atoms with Crippen LogP contribution in [0.5, 0.6) is 5.75 Å². The topological polar surface area (TPSA) is 38.8 Å². The van der Waals surface area contributed by atoms with Crippen LogP contribution in [0.15, 0.2) is 18.2 Å². The molecule has 1 fully saturated rings. The van der Waals surface area contributed by atoms with Crippen molar-refractivity contribution >= 4 is 6.09 Å². The van der Waals surface area contributed by atoms with Crippen LogP contribution in [0.4, 0.5) is 22.4 Å². The fourth-order valence-corrected chi connectivity index (χ4v) is 2.48. The molecule has 1 saturated heterocycles. The van der Waals surface area contributed by atoms with Crippen LogP contribution >= 0.6 is 0 Å².